The Morgan fingerprint density at radius 3 is 1.82 bits per heavy atom. The van der Waals surface area contributed by atoms with Crippen LogP contribution in [0.4, 0.5) is 10.5 Å². The number of nitrogens with zero attached hydrogens (tertiary/aromatic N) is 1. The van der Waals surface area contributed by atoms with Crippen molar-refractivity contribution >= 4 is 17.6 Å². The summed E-state index contributed by atoms with van der Waals surface area (Å²) in [6, 6.07) is 29.5. The molecule has 3 aliphatic carbocycles. The van der Waals surface area contributed by atoms with Crippen LogP contribution in [0.2, 0.25) is 0 Å². The number of benzene rings is 3. The molecular formula is C30H24N2O2. The van der Waals surface area contributed by atoms with E-state index in [2.05, 4.69) is 41.7 Å². The lowest BCUT2D eigenvalue weighted by Crippen LogP contribution is -2.59. The Morgan fingerprint density at radius 2 is 1.29 bits per heavy atom. The van der Waals surface area contributed by atoms with Crippen LogP contribution in [-0.4, -0.2) is 22.4 Å². The van der Waals surface area contributed by atoms with Crippen LogP contribution in [0.15, 0.2) is 126 Å². The average molecular weight is 445 g/mol. The van der Waals surface area contributed by atoms with Gasteiger partial charge in [-0.25, -0.2) is 9.69 Å². The Balaban J connectivity index is 1.58. The Hall–Kier alpha value is -4.18. The summed E-state index contributed by atoms with van der Waals surface area (Å²) in [6.07, 6.45) is 8.35. The van der Waals surface area contributed by atoms with Gasteiger partial charge in [0.25, 0.3) is 5.91 Å². The molecule has 0 unspecified atom stereocenters. The Bertz CT molecular complexity index is 1320. The van der Waals surface area contributed by atoms with Crippen LogP contribution in [0.1, 0.15) is 18.1 Å². The molecule has 1 aliphatic heterocycles. The van der Waals surface area contributed by atoms with E-state index >= 15 is 0 Å². The topological polar surface area (TPSA) is 49.4 Å². The summed E-state index contributed by atoms with van der Waals surface area (Å²) in [6.45, 7) is 1.86. The molecule has 0 fully saturated rings. The fourth-order valence-corrected chi connectivity index (χ4v) is 6.06. The first-order chi connectivity index (χ1) is 16.6. The maximum atomic E-state index is 13.8. The van der Waals surface area contributed by atoms with E-state index in [-0.39, 0.29) is 11.8 Å². The van der Waals surface area contributed by atoms with Crippen LogP contribution in [0.5, 0.6) is 0 Å². The number of carbonyl (C=O) groups excluding carboxylic acids is 2. The van der Waals surface area contributed by atoms with Crippen LogP contribution >= 0.6 is 0 Å². The molecule has 0 saturated heterocycles. The van der Waals surface area contributed by atoms with Gasteiger partial charge in [0.05, 0.1) is 5.41 Å². The van der Waals surface area contributed by atoms with E-state index in [0.717, 1.165) is 16.7 Å². The lowest BCUT2D eigenvalue weighted by molar-refractivity contribution is -0.124. The molecule has 4 aliphatic rings. The molecule has 3 aromatic carbocycles. The number of urea groups is 1. The van der Waals surface area contributed by atoms with E-state index < -0.39 is 17.0 Å². The van der Waals surface area contributed by atoms with Crippen molar-refractivity contribution in [3.8, 4) is 0 Å². The van der Waals surface area contributed by atoms with Crippen molar-refractivity contribution in [2.45, 2.75) is 17.9 Å². The van der Waals surface area contributed by atoms with Crippen LogP contribution in [0, 0.1) is 5.92 Å². The molecule has 0 saturated carbocycles. The first-order valence-electron chi connectivity index (χ1n) is 11.5. The van der Waals surface area contributed by atoms with Gasteiger partial charge in [-0.1, -0.05) is 103 Å². The molecule has 1 N–H and O–H groups in total. The summed E-state index contributed by atoms with van der Waals surface area (Å²) in [4.78, 5) is 28.7. The van der Waals surface area contributed by atoms with Crippen molar-refractivity contribution in [3.05, 3.63) is 138 Å². The zero-order chi connectivity index (χ0) is 23.3. The quantitative estimate of drug-likeness (QED) is 0.515. The number of hydrogen-bond donors (Lipinski definition) is 1. The molecule has 4 nitrogen and oxygen atoms in total. The highest BCUT2D eigenvalue weighted by atomic mass is 16.2. The third-order valence-corrected chi connectivity index (χ3v) is 7.37. The van der Waals surface area contributed by atoms with Gasteiger partial charge < -0.3 is 5.32 Å². The van der Waals surface area contributed by atoms with Crippen molar-refractivity contribution in [1.82, 2.24) is 4.90 Å². The Labute approximate surface area is 198 Å². The maximum absolute atomic E-state index is 13.8. The highest BCUT2D eigenvalue weighted by molar-refractivity contribution is 6.13. The molecule has 4 heteroatoms. The molecular weight excluding hydrogens is 420 g/mol. The minimum Gasteiger partial charge on any atom is -0.307 e. The second-order valence-electron chi connectivity index (χ2n) is 9.05. The monoisotopic (exact) mass is 444 g/mol. The number of carbonyl (C=O) groups is 2. The van der Waals surface area contributed by atoms with Gasteiger partial charge in [0.15, 0.2) is 0 Å². The van der Waals surface area contributed by atoms with Gasteiger partial charge in [-0.2, -0.15) is 0 Å². The number of para-hydroxylation sites is 1. The van der Waals surface area contributed by atoms with Gasteiger partial charge in [0, 0.05) is 17.2 Å². The molecule has 1 heterocycles. The highest BCUT2D eigenvalue weighted by Crippen LogP contribution is 2.61. The summed E-state index contributed by atoms with van der Waals surface area (Å²) >= 11 is 0. The van der Waals surface area contributed by atoms with Gasteiger partial charge in [0.2, 0.25) is 0 Å². The lowest BCUT2D eigenvalue weighted by atomic mass is 9.51. The summed E-state index contributed by atoms with van der Waals surface area (Å²) in [5.41, 5.74) is 2.90. The molecule has 166 valence electrons. The SMILES string of the molecule is CC1=C2C(c3ccccc3)(c3ccccc3)C3C=CC2(C=C3)N(C(=O)Nc2ccccc2)C1=O. The minimum atomic E-state index is -0.958. The van der Waals surface area contributed by atoms with Crippen molar-refractivity contribution in [2.75, 3.05) is 5.32 Å². The number of allylic oxidation sites excluding steroid dienone is 2. The van der Waals surface area contributed by atoms with Gasteiger partial charge in [-0.05, 0) is 35.8 Å². The summed E-state index contributed by atoms with van der Waals surface area (Å²) in [5.74, 6) is -0.245. The van der Waals surface area contributed by atoms with E-state index in [0.29, 0.717) is 11.3 Å². The molecule has 34 heavy (non-hydrogen) atoms. The number of rotatable bonds is 3. The second-order valence-corrected chi connectivity index (χ2v) is 9.05. The standard InChI is InChI=1S/C30H24N2O2/c1-21-26-29(32(27(21)33)28(34)31-25-15-9-4-10-16-25)19-17-24(18-20-29)30(26,22-11-5-2-6-12-22)23-13-7-3-8-14-23/h2-20,24H,1H3,(H,31,34). The Kier molecular flexibility index (Phi) is 4.46. The normalized spacial score (nSPS) is 23.9. The van der Waals surface area contributed by atoms with Crippen molar-refractivity contribution in [1.29, 1.82) is 0 Å². The first kappa shape index (κ1) is 20.4. The zero-order valence-corrected chi connectivity index (χ0v) is 18.8. The van der Waals surface area contributed by atoms with Gasteiger partial charge in [-0.3, -0.25) is 4.79 Å². The summed E-state index contributed by atoms with van der Waals surface area (Å²) in [5, 5.41) is 2.92. The summed E-state index contributed by atoms with van der Waals surface area (Å²) in [7, 11) is 0. The van der Waals surface area contributed by atoms with E-state index in [4.69, 9.17) is 0 Å². The number of imide groups is 1. The fraction of sp³-hybridized carbons (Fsp3) is 0.133. The molecule has 3 amide bonds. The molecule has 7 rings (SSSR count). The fourth-order valence-electron chi connectivity index (χ4n) is 6.06. The number of nitrogens with one attached hydrogen (secondary N) is 1. The molecule has 0 aromatic heterocycles. The summed E-state index contributed by atoms with van der Waals surface area (Å²) < 4.78 is 0. The second kappa shape index (κ2) is 7.42. The van der Waals surface area contributed by atoms with E-state index in [1.165, 1.54) is 4.90 Å². The predicted octanol–water partition coefficient (Wildman–Crippen LogP) is 5.86. The van der Waals surface area contributed by atoms with Crippen molar-refractivity contribution in [2.24, 2.45) is 5.92 Å². The molecule has 3 aromatic rings. The number of anilines is 1. The molecule has 1 spiro atoms. The third kappa shape index (κ3) is 2.59. The first-order valence-corrected chi connectivity index (χ1v) is 11.5. The average Bonchev–Trinajstić information content (AvgIpc) is 3.12. The van der Waals surface area contributed by atoms with Gasteiger partial charge in [0.1, 0.15) is 5.54 Å². The highest BCUT2D eigenvalue weighted by Gasteiger charge is 2.63. The van der Waals surface area contributed by atoms with E-state index in [1.54, 1.807) is 0 Å². The smallest absolute Gasteiger partial charge is 0.307 e. The Morgan fingerprint density at radius 1 is 0.794 bits per heavy atom. The molecule has 2 bridgehead atoms. The third-order valence-electron chi connectivity index (χ3n) is 7.37. The predicted molar refractivity (Wildman–Crippen MR) is 133 cm³/mol. The van der Waals surface area contributed by atoms with E-state index in [1.807, 2.05) is 85.8 Å². The van der Waals surface area contributed by atoms with E-state index in [9.17, 15) is 9.59 Å². The lowest BCUT2D eigenvalue weighted by Gasteiger charge is -2.53. The van der Waals surface area contributed by atoms with Crippen LogP contribution < -0.4 is 5.32 Å². The van der Waals surface area contributed by atoms with Crippen molar-refractivity contribution < 1.29 is 9.59 Å². The molecule has 0 radical (unpaired) electrons. The minimum absolute atomic E-state index is 0.0223. The van der Waals surface area contributed by atoms with Crippen LogP contribution in [-0.2, 0) is 10.2 Å². The zero-order valence-electron chi connectivity index (χ0n) is 18.8. The van der Waals surface area contributed by atoms with Crippen LogP contribution in [0.25, 0.3) is 0 Å². The van der Waals surface area contributed by atoms with Crippen molar-refractivity contribution in [3.63, 3.8) is 0 Å². The number of hydrogen-bond acceptors (Lipinski definition) is 2. The number of amides is 3. The van der Waals surface area contributed by atoms with Gasteiger partial charge >= 0.3 is 6.03 Å². The maximum Gasteiger partial charge on any atom is 0.330 e. The van der Waals surface area contributed by atoms with Crippen LogP contribution in [0.3, 0.4) is 0 Å². The van der Waals surface area contributed by atoms with Gasteiger partial charge in [-0.15, -0.1) is 0 Å². The molecule has 0 atom stereocenters. The largest absolute Gasteiger partial charge is 0.330 e.